The van der Waals surface area contributed by atoms with Crippen LogP contribution in [-0.2, 0) is 6.42 Å². The number of ether oxygens (including phenoxy) is 2. The van der Waals surface area contributed by atoms with Crippen LogP contribution < -0.4 is 20.5 Å². The smallest absolute Gasteiger partial charge is 0.138 e. The maximum absolute atomic E-state index is 6.41. The van der Waals surface area contributed by atoms with Crippen LogP contribution in [0.5, 0.6) is 11.5 Å². The Morgan fingerprint density at radius 3 is 2.77 bits per heavy atom. The summed E-state index contributed by atoms with van der Waals surface area (Å²) in [6.45, 7) is 5.37. The number of H-pyrrole nitrogens is 1. The van der Waals surface area contributed by atoms with Crippen LogP contribution in [0.25, 0.3) is 22.0 Å². The van der Waals surface area contributed by atoms with Crippen LogP contribution in [0.1, 0.15) is 24.1 Å². The first-order valence-electron chi connectivity index (χ1n) is 12.3. The highest BCUT2D eigenvalue weighted by molar-refractivity contribution is 5.86. The Kier molecular flexibility index (Phi) is 7.25. The summed E-state index contributed by atoms with van der Waals surface area (Å²) >= 11 is 0. The number of benzene rings is 2. The number of hydrogen-bond acceptors (Lipinski definition) is 6. The first kappa shape index (κ1) is 23.3. The highest BCUT2D eigenvalue weighted by atomic mass is 16.5. The van der Waals surface area contributed by atoms with Crippen LogP contribution in [0.4, 0.5) is 0 Å². The van der Waals surface area contributed by atoms with Crippen LogP contribution in [0.15, 0.2) is 60.9 Å². The van der Waals surface area contributed by atoms with Crippen molar-refractivity contribution in [2.75, 3.05) is 26.3 Å². The van der Waals surface area contributed by atoms with Crippen molar-refractivity contribution < 1.29 is 9.47 Å². The molecule has 2 aromatic carbocycles. The van der Waals surface area contributed by atoms with E-state index in [2.05, 4.69) is 44.8 Å². The fraction of sp³-hybridized carbons (Fsp3) is 0.357. The number of hydrogen-bond donors (Lipinski definition) is 3. The molecule has 0 aliphatic carbocycles. The van der Waals surface area contributed by atoms with Gasteiger partial charge >= 0.3 is 0 Å². The van der Waals surface area contributed by atoms with Crippen LogP contribution in [0.3, 0.4) is 0 Å². The molecular formula is C28H33N5O2. The standard InChI is InChI=1S/C28H33N5O2/c1-19-27-14-22(5-6-28(27)33-32-19)23-13-26(16-31-15-23)35-18-24(29)11-21-3-2-4-25(12-21)34-17-20-7-9-30-10-8-20/h2-6,12-16,20,24,30H,7-11,17-18,29H2,1H3,(H,32,33)/t24-/m0/s1. The van der Waals surface area contributed by atoms with Gasteiger partial charge in [0.05, 0.1) is 18.3 Å². The van der Waals surface area contributed by atoms with Gasteiger partial charge in [0, 0.05) is 28.9 Å². The molecule has 0 amide bonds. The topological polar surface area (TPSA) is 98.1 Å². The predicted octanol–water partition coefficient (Wildman–Crippen LogP) is 4.26. The number of rotatable bonds is 9. The van der Waals surface area contributed by atoms with Crippen molar-refractivity contribution in [3.63, 3.8) is 0 Å². The average molecular weight is 472 g/mol. The molecule has 1 aliphatic heterocycles. The van der Waals surface area contributed by atoms with E-state index < -0.39 is 0 Å². The summed E-state index contributed by atoms with van der Waals surface area (Å²) in [5.74, 6) is 2.25. The fourth-order valence-electron chi connectivity index (χ4n) is 4.56. The van der Waals surface area contributed by atoms with Gasteiger partial charge in [-0.05, 0) is 86.7 Å². The second kappa shape index (κ2) is 10.9. The lowest BCUT2D eigenvalue weighted by Crippen LogP contribution is -2.30. The minimum atomic E-state index is -0.136. The number of aromatic nitrogens is 3. The molecule has 0 radical (unpaired) electrons. The van der Waals surface area contributed by atoms with Crippen molar-refractivity contribution in [2.24, 2.45) is 11.7 Å². The van der Waals surface area contributed by atoms with E-state index in [1.54, 1.807) is 6.20 Å². The van der Waals surface area contributed by atoms with Gasteiger partial charge in [0.1, 0.15) is 18.1 Å². The molecule has 0 saturated carbocycles. The van der Waals surface area contributed by atoms with Crippen LogP contribution >= 0.6 is 0 Å². The number of pyridine rings is 1. The van der Waals surface area contributed by atoms with Crippen molar-refractivity contribution in [3.8, 4) is 22.6 Å². The van der Waals surface area contributed by atoms with Gasteiger partial charge in [-0.2, -0.15) is 5.10 Å². The predicted molar refractivity (Wildman–Crippen MR) is 139 cm³/mol. The molecule has 0 spiro atoms. The van der Waals surface area contributed by atoms with Gasteiger partial charge in [-0.25, -0.2) is 0 Å². The minimum Gasteiger partial charge on any atom is -0.493 e. The molecule has 0 bridgehead atoms. The molecule has 5 rings (SSSR count). The second-order valence-corrected chi connectivity index (χ2v) is 9.42. The summed E-state index contributed by atoms with van der Waals surface area (Å²) in [7, 11) is 0. The Labute approximate surface area is 206 Å². The lowest BCUT2D eigenvalue weighted by Gasteiger charge is -2.22. The second-order valence-electron chi connectivity index (χ2n) is 9.42. The number of piperidine rings is 1. The summed E-state index contributed by atoms with van der Waals surface area (Å²) in [4.78, 5) is 4.37. The highest BCUT2D eigenvalue weighted by Gasteiger charge is 2.14. The minimum absolute atomic E-state index is 0.136. The molecular weight excluding hydrogens is 438 g/mol. The van der Waals surface area contributed by atoms with Gasteiger partial charge in [0.15, 0.2) is 0 Å². The molecule has 182 valence electrons. The normalized spacial score (nSPS) is 15.3. The van der Waals surface area contributed by atoms with E-state index in [-0.39, 0.29) is 6.04 Å². The van der Waals surface area contributed by atoms with Crippen LogP contribution in [0.2, 0.25) is 0 Å². The van der Waals surface area contributed by atoms with E-state index in [9.17, 15) is 0 Å². The number of aryl methyl sites for hydroxylation is 1. The summed E-state index contributed by atoms with van der Waals surface area (Å²) < 4.78 is 12.1. The monoisotopic (exact) mass is 471 g/mol. The SMILES string of the molecule is Cc1[nH]nc2ccc(-c3cncc(OC[C@@H](N)Cc4cccc(OCC5CCNCC5)c4)c3)cc12. The van der Waals surface area contributed by atoms with Crippen molar-refractivity contribution >= 4 is 10.9 Å². The van der Waals surface area contributed by atoms with E-state index in [1.807, 2.05) is 37.4 Å². The van der Waals surface area contributed by atoms with E-state index in [0.717, 1.165) is 58.7 Å². The Morgan fingerprint density at radius 2 is 1.89 bits per heavy atom. The molecule has 0 unspecified atom stereocenters. The molecule has 1 aliphatic rings. The average Bonchev–Trinajstić information content (AvgIpc) is 3.27. The highest BCUT2D eigenvalue weighted by Crippen LogP contribution is 2.27. The van der Waals surface area contributed by atoms with E-state index in [1.165, 1.54) is 12.8 Å². The van der Waals surface area contributed by atoms with Crippen molar-refractivity contribution in [1.29, 1.82) is 0 Å². The summed E-state index contributed by atoms with van der Waals surface area (Å²) in [6.07, 6.45) is 6.64. The van der Waals surface area contributed by atoms with Gasteiger partial charge < -0.3 is 20.5 Å². The van der Waals surface area contributed by atoms with E-state index >= 15 is 0 Å². The Bertz CT molecular complexity index is 1270. The van der Waals surface area contributed by atoms with Crippen LogP contribution in [0, 0.1) is 12.8 Å². The third kappa shape index (κ3) is 5.99. The van der Waals surface area contributed by atoms with Gasteiger partial charge in [-0.3, -0.25) is 10.1 Å². The third-order valence-electron chi connectivity index (χ3n) is 6.60. The number of nitrogens with zero attached hydrogens (tertiary/aromatic N) is 2. The zero-order valence-corrected chi connectivity index (χ0v) is 20.2. The third-order valence-corrected chi connectivity index (χ3v) is 6.60. The Morgan fingerprint density at radius 1 is 1.00 bits per heavy atom. The lowest BCUT2D eigenvalue weighted by molar-refractivity contribution is 0.215. The molecule has 4 aromatic rings. The lowest BCUT2D eigenvalue weighted by atomic mass is 9.99. The molecule has 4 N–H and O–H groups in total. The molecule has 1 atom stereocenters. The zero-order valence-electron chi connectivity index (χ0n) is 20.2. The number of nitrogens with two attached hydrogens (primary N) is 1. The first-order chi connectivity index (χ1) is 17.1. The summed E-state index contributed by atoms with van der Waals surface area (Å²) in [5, 5.41) is 11.8. The van der Waals surface area contributed by atoms with Crippen molar-refractivity contribution in [1.82, 2.24) is 20.5 Å². The van der Waals surface area contributed by atoms with E-state index in [0.29, 0.717) is 24.7 Å². The van der Waals surface area contributed by atoms with Crippen LogP contribution in [-0.4, -0.2) is 47.5 Å². The molecule has 3 heterocycles. The maximum atomic E-state index is 6.41. The maximum Gasteiger partial charge on any atom is 0.138 e. The molecule has 1 fully saturated rings. The fourth-order valence-corrected chi connectivity index (χ4v) is 4.56. The quantitative estimate of drug-likeness (QED) is 0.337. The molecule has 2 aromatic heterocycles. The summed E-state index contributed by atoms with van der Waals surface area (Å²) in [5.41, 5.74) is 11.6. The number of fused-ring (bicyclic) bond motifs is 1. The van der Waals surface area contributed by atoms with Crippen molar-refractivity contribution in [3.05, 3.63) is 72.2 Å². The van der Waals surface area contributed by atoms with Gasteiger partial charge in [-0.1, -0.05) is 18.2 Å². The molecule has 35 heavy (non-hydrogen) atoms. The number of nitrogens with one attached hydrogen (secondary N) is 2. The largest absolute Gasteiger partial charge is 0.493 e. The Hall–Kier alpha value is -3.42. The zero-order chi connectivity index (χ0) is 24.0. The first-order valence-corrected chi connectivity index (χ1v) is 12.3. The van der Waals surface area contributed by atoms with Crippen molar-refractivity contribution in [2.45, 2.75) is 32.2 Å². The Balaban J connectivity index is 1.16. The van der Waals surface area contributed by atoms with Gasteiger partial charge in [0.25, 0.3) is 0 Å². The van der Waals surface area contributed by atoms with Gasteiger partial charge in [-0.15, -0.1) is 0 Å². The van der Waals surface area contributed by atoms with E-state index in [4.69, 9.17) is 15.2 Å². The number of aromatic amines is 1. The van der Waals surface area contributed by atoms with Gasteiger partial charge in [0.2, 0.25) is 0 Å². The molecule has 7 heteroatoms. The molecule has 1 saturated heterocycles. The molecule has 7 nitrogen and oxygen atoms in total. The summed E-state index contributed by atoms with van der Waals surface area (Å²) in [6, 6.07) is 16.3.